The first-order valence-corrected chi connectivity index (χ1v) is 7.66. The minimum absolute atomic E-state index is 0.0233. The van der Waals surface area contributed by atoms with Crippen molar-refractivity contribution in [1.82, 2.24) is 0 Å². The van der Waals surface area contributed by atoms with Crippen LogP contribution in [0.3, 0.4) is 0 Å². The number of nitrogen functional groups attached to an aromatic ring is 1. The molecule has 0 saturated heterocycles. The smallest absolute Gasteiger partial charge is 0.139 e. The van der Waals surface area contributed by atoms with Crippen LogP contribution in [0.1, 0.15) is 18.1 Å². The molecule has 2 aromatic rings. The first-order chi connectivity index (χ1) is 9.65. The predicted octanol–water partition coefficient (Wildman–Crippen LogP) is 4.05. The van der Waals surface area contributed by atoms with Gasteiger partial charge >= 0.3 is 0 Å². The van der Waals surface area contributed by atoms with Gasteiger partial charge in [-0.2, -0.15) is 0 Å². The molecule has 0 aliphatic carbocycles. The standard InChI is InChI=1S/C16H18N2OS/c1-3-11-7-9-12(10-8-11)19-13-5-4-6-14(20-2)15(13)16(17)18/h4-10H,3H2,1-2H3,(H3,17,18). The third kappa shape index (κ3) is 3.14. The third-order valence-corrected chi connectivity index (χ3v) is 3.82. The van der Waals surface area contributed by atoms with Crippen LogP contribution in [0.25, 0.3) is 0 Å². The molecule has 0 spiro atoms. The van der Waals surface area contributed by atoms with Gasteiger partial charge in [0.15, 0.2) is 0 Å². The normalized spacial score (nSPS) is 10.3. The van der Waals surface area contributed by atoms with Gasteiger partial charge in [0.25, 0.3) is 0 Å². The maximum Gasteiger partial charge on any atom is 0.139 e. The van der Waals surface area contributed by atoms with E-state index in [1.54, 1.807) is 11.8 Å². The Labute approximate surface area is 123 Å². The number of aryl methyl sites for hydroxylation is 1. The molecule has 0 aromatic heterocycles. The van der Waals surface area contributed by atoms with Crippen molar-refractivity contribution in [3.63, 3.8) is 0 Å². The van der Waals surface area contributed by atoms with Crippen LogP contribution >= 0.6 is 11.8 Å². The van der Waals surface area contributed by atoms with Crippen LogP contribution in [-0.4, -0.2) is 12.1 Å². The third-order valence-electron chi connectivity index (χ3n) is 3.04. The first-order valence-electron chi connectivity index (χ1n) is 6.44. The molecule has 0 saturated carbocycles. The van der Waals surface area contributed by atoms with Gasteiger partial charge in [-0.05, 0) is 42.5 Å². The monoisotopic (exact) mass is 286 g/mol. The second kappa shape index (κ2) is 6.48. The van der Waals surface area contributed by atoms with E-state index in [-0.39, 0.29) is 5.84 Å². The van der Waals surface area contributed by atoms with E-state index in [1.165, 1.54) is 5.56 Å². The van der Waals surface area contributed by atoms with Gasteiger partial charge in [0.05, 0.1) is 5.56 Å². The molecule has 3 nitrogen and oxygen atoms in total. The van der Waals surface area contributed by atoms with Gasteiger partial charge in [0, 0.05) is 4.90 Å². The molecule has 0 amide bonds. The van der Waals surface area contributed by atoms with Crippen LogP contribution < -0.4 is 10.5 Å². The number of nitrogens with one attached hydrogen (secondary N) is 1. The topological polar surface area (TPSA) is 59.1 Å². The average Bonchev–Trinajstić information content (AvgIpc) is 2.47. The lowest BCUT2D eigenvalue weighted by atomic mass is 10.1. The molecular formula is C16H18N2OS. The Kier molecular flexibility index (Phi) is 4.69. The SMILES string of the molecule is CCc1ccc(Oc2cccc(SC)c2C(=N)N)cc1. The van der Waals surface area contributed by atoms with Crippen molar-refractivity contribution in [3.05, 3.63) is 53.6 Å². The highest BCUT2D eigenvalue weighted by Gasteiger charge is 2.12. The number of hydrogen-bond acceptors (Lipinski definition) is 3. The summed E-state index contributed by atoms with van der Waals surface area (Å²) in [7, 11) is 0. The largest absolute Gasteiger partial charge is 0.457 e. The van der Waals surface area contributed by atoms with Crippen molar-refractivity contribution < 1.29 is 4.74 Å². The number of amidine groups is 1. The van der Waals surface area contributed by atoms with Gasteiger partial charge in [0.1, 0.15) is 17.3 Å². The van der Waals surface area contributed by atoms with E-state index in [9.17, 15) is 0 Å². The number of hydrogen-bond donors (Lipinski definition) is 2. The minimum atomic E-state index is 0.0233. The van der Waals surface area contributed by atoms with Crippen LogP contribution in [0.15, 0.2) is 47.4 Å². The summed E-state index contributed by atoms with van der Waals surface area (Å²) in [6, 6.07) is 13.7. The highest BCUT2D eigenvalue weighted by atomic mass is 32.2. The van der Waals surface area contributed by atoms with Crippen LogP contribution in [0, 0.1) is 5.41 Å². The molecule has 0 unspecified atom stereocenters. The minimum Gasteiger partial charge on any atom is -0.457 e. The van der Waals surface area contributed by atoms with Crippen molar-refractivity contribution in [3.8, 4) is 11.5 Å². The highest BCUT2D eigenvalue weighted by molar-refractivity contribution is 7.98. The summed E-state index contributed by atoms with van der Waals surface area (Å²) in [5.74, 6) is 1.40. The molecule has 0 heterocycles. The van der Waals surface area contributed by atoms with E-state index in [0.717, 1.165) is 17.1 Å². The molecule has 4 heteroatoms. The molecule has 0 fully saturated rings. The summed E-state index contributed by atoms with van der Waals surface area (Å²) in [6.07, 6.45) is 2.96. The molecule has 0 atom stereocenters. The molecule has 0 bridgehead atoms. The zero-order valence-corrected chi connectivity index (χ0v) is 12.5. The lowest BCUT2D eigenvalue weighted by molar-refractivity contribution is 0.480. The summed E-state index contributed by atoms with van der Waals surface area (Å²) < 4.78 is 5.88. The van der Waals surface area contributed by atoms with Crippen molar-refractivity contribution in [1.29, 1.82) is 5.41 Å². The van der Waals surface area contributed by atoms with E-state index < -0.39 is 0 Å². The second-order valence-electron chi connectivity index (χ2n) is 4.35. The van der Waals surface area contributed by atoms with Gasteiger partial charge in [-0.15, -0.1) is 11.8 Å². The Hall–Kier alpha value is -1.94. The number of rotatable bonds is 5. The second-order valence-corrected chi connectivity index (χ2v) is 5.19. The molecule has 3 N–H and O–H groups in total. The van der Waals surface area contributed by atoms with E-state index >= 15 is 0 Å². The Morgan fingerprint density at radius 2 is 1.90 bits per heavy atom. The van der Waals surface area contributed by atoms with Gasteiger partial charge in [-0.1, -0.05) is 25.1 Å². The number of benzene rings is 2. The Morgan fingerprint density at radius 3 is 2.45 bits per heavy atom. The molecular weight excluding hydrogens is 268 g/mol. The Bertz CT molecular complexity index is 608. The van der Waals surface area contributed by atoms with E-state index in [1.807, 2.05) is 48.7 Å². The fourth-order valence-electron chi connectivity index (χ4n) is 1.95. The van der Waals surface area contributed by atoms with Crippen molar-refractivity contribution in [2.45, 2.75) is 18.2 Å². The lowest BCUT2D eigenvalue weighted by Crippen LogP contribution is -2.13. The Balaban J connectivity index is 2.34. The number of nitrogens with two attached hydrogens (primary N) is 1. The first kappa shape index (κ1) is 14.5. The zero-order chi connectivity index (χ0) is 14.5. The van der Waals surface area contributed by atoms with Crippen molar-refractivity contribution in [2.24, 2.45) is 5.73 Å². The summed E-state index contributed by atoms with van der Waals surface area (Å²) >= 11 is 1.55. The average molecular weight is 286 g/mol. The summed E-state index contributed by atoms with van der Waals surface area (Å²) in [4.78, 5) is 0.945. The summed E-state index contributed by atoms with van der Waals surface area (Å²) in [5.41, 5.74) is 7.60. The van der Waals surface area contributed by atoms with Crippen LogP contribution in [0.5, 0.6) is 11.5 Å². The fourth-order valence-corrected chi connectivity index (χ4v) is 2.58. The lowest BCUT2D eigenvalue weighted by Gasteiger charge is -2.13. The number of ether oxygens (including phenoxy) is 1. The Morgan fingerprint density at radius 1 is 1.20 bits per heavy atom. The molecule has 0 radical (unpaired) electrons. The molecule has 20 heavy (non-hydrogen) atoms. The number of thioether (sulfide) groups is 1. The van der Waals surface area contributed by atoms with Crippen LogP contribution in [0.4, 0.5) is 0 Å². The fraction of sp³-hybridized carbons (Fsp3) is 0.188. The maximum absolute atomic E-state index is 7.73. The van der Waals surface area contributed by atoms with Crippen LogP contribution in [-0.2, 0) is 6.42 Å². The van der Waals surface area contributed by atoms with Crippen molar-refractivity contribution in [2.75, 3.05) is 6.26 Å². The van der Waals surface area contributed by atoms with Gasteiger partial charge in [-0.3, -0.25) is 5.41 Å². The molecule has 0 aliphatic heterocycles. The maximum atomic E-state index is 7.73. The van der Waals surface area contributed by atoms with Crippen LogP contribution in [0.2, 0.25) is 0 Å². The molecule has 104 valence electrons. The molecule has 0 aliphatic rings. The van der Waals surface area contributed by atoms with E-state index in [0.29, 0.717) is 11.3 Å². The molecule has 2 aromatic carbocycles. The predicted molar refractivity (Wildman–Crippen MR) is 85.1 cm³/mol. The van der Waals surface area contributed by atoms with Crippen molar-refractivity contribution >= 4 is 17.6 Å². The van der Waals surface area contributed by atoms with E-state index in [2.05, 4.69) is 6.92 Å². The quantitative estimate of drug-likeness (QED) is 0.495. The molecule has 2 rings (SSSR count). The zero-order valence-electron chi connectivity index (χ0n) is 11.6. The summed E-state index contributed by atoms with van der Waals surface area (Å²) in [6.45, 7) is 2.12. The summed E-state index contributed by atoms with van der Waals surface area (Å²) in [5, 5.41) is 7.73. The van der Waals surface area contributed by atoms with Gasteiger partial charge in [0.2, 0.25) is 0 Å². The van der Waals surface area contributed by atoms with Gasteiger partial charge in [-0.25, -0.2) is 0 Å². The van der Waals surface area contributed by atoms with Gasteiger partial charge < -0.3 is 10.5 Å². The van der Waals surface area contributed by atoms with E-state index in [4.69, 9.17) is 15.9 Å². The highest BCUT2D eigenvalue weighted by Crippen LogP contribution is 2.31.